The van der Waals surface area contributed by atoms with Gasteiger partial charge < -0.3 is 9.84 Å². The maximum atomic E-state index is 12.9. The zero-order chi connectivity index (χ0) is 18.0. The van der Waals surface area contributed by atoms with E-state index >= 15 is 0 Å². The molecule has 0 spiro atoms. The highest BCUT2D eigenvalue weighted by Gasteiger charge is 2.33. The first-order valence-corrected chi connectivity index (χ1v) is 7.05. The Kier molecular flexibility index (Phi) is 4.26. The number of benzene rings is 2. The second-order valence-corrected chi connectivity index (χ2v) is 5.08. The fourth-order valence-corrected chi connectivity index (χ4v) is 2.16. The van der Waals surface area contributed by atoms with Crippen LogP contribution >= 0.6 is 0 Å². The predicted octanol–water partition coefficient (Wildman–Crippen LogP) is 4.75. The number of carbonyl (C=O) groups excluding carboxylic acids is 1. The molecule has 1 aromatic heterocycles. The number of para-hydroxylation sites is 1. The van der Waals surface area contributed by atoms with Gasteiger partial charge in [-0.05, 0) is 36.4 Å². The van der Waals surface area contributed by atoms with E-state index in [2.05, 4.69) is 10.5 Å². The number of amides is 1. The second kappa shape index (κ2) is 6.39. The maximum Gasteiger partial charge on any atom is 0.418 e. The highest BCUT2D eigenvalue weighted by molar-refractivity contribution is 6.03. The van der Waals surface area contributed by atoms with E-state index in [0.717, 1.165) is 12.1 Å². The summed E-state index contributed by atoms with van der Waals surface area (Å²) in [6.07, 6.45) is -4.60. The molecule has 3 rings (SSSR count). The van der Waals surface area contributed by atoms with Crippen LogP contribution in [-0.2, 0) is 6.18 Å². The van der Waals surface area contributed by atoms with Crippen LogP contribution in [0.4, 0.5) is 23.2 Å². The zero-order valence-corrected chi connectivity index (χ0v) is 12.5. The summed E-state index contributed by atoms with van der Waals surface area (Å²) in [6.45, 7) is 0. The molecule has 25 heavy (non-hydrogen) atoms. The van der Waals surface area contributed by atoms with Crippen molar-refractivity contribution in [2.45, 2.75) is 6.18 Å². The largest absolute Gasteiger partial charge is 0.418 e. The van der Waals surface area contributed by atoms with Crippen LogP contribution < -0.4 is 5.32 Å². The molecule has 0 saturated carbocycles. The summed E-state index contributed by atoms with van der Waals surface area (Å²) >= 11 is 0. The van der Waals surface area contributed by atoms with Gasteiger partial charge >= 0.3 is 6.18 Å². The monoisotopic (exact) mass is 350 g/mol. The third-order valence-corrected chi connectivity index (χ3v) is 3.35. The number of nitrogens with zero attached hydrogens (tertiary/aromatic N) is 1. The normalized spacial score (nSPS) is 11.4. The molecule has 0 atom stereocenters. The lowest BCUT2D eigenvalue weighted by Crippen LogP contribution is -2.16. The second-order valence-electron chi connectivity index (χ2n) is 5.08. The molecular formula is C17H10F4N2O2. The molecule has 8 heteroatoms. The van der Waals surface area contributed by atoms with Crippen molar-refractivity contribution in [1.82, 2.24) is 5.16 Å². The van der Waals surface area contributed by atoms with Crippen molar-refractivity contribution in [3.8, 4) is 11.3 Å². The van der Waals surface area contributed by atoms with E-state index in [1.54, 1.807) is 0 Å². The Hall–Kier alpha value is -3.16. The number of hydrogen-bond donors (Lipinski definition) is 1. The molecule has 0 aliphatic carbocycles. The fourth-order valence-electron chi connectivity index (χ4n) is 2.16. The molecule has 0 saturated heterocycles. The summed E-state index contributed by atoms with van der Waals surface area (Å²) in [7, 11) is 0. The molecule has 1 N–H and O–H groups in total. The molecule has 1 amide bonds. The SMILES string of the molecule is O=C(Nc1ccccc1C(F)(F)F)c1cc(-c2ccc(F)cc2)on1. The average Bonchev–Trinajstić information content (AvgIpc) is 3.05. The number of carbonyl (C=O) groups is 1. The molecule has 0 unspecified atom stereocenters. The van der Waals surface area contributed by atoms with Crippen molar-refractivity contribution in [2.75, 3.05) is 5.32 Å². The highest BCUT2D eigenvalue weighted by Crippen LogP contribution is 2.34. The molecular weight excluding hydrogens is 340 g/mol. The van der Waals surface area contributed by atoms with E-state index in [1.807, 2.05) is 0 Å². The van der Waals surface area contributed by atoms with Crippen molar-refractivity contribution >= 4 is 11.6 Å². The first-order chi connectivity index (χ1) is 11.8. The van der Waals surface area contributed by atoms with Gasteiger partial charge in [-0.1, -0.05) is 17.3 Å². The van der Waals surface area contributed by atoms with E-state index in [0.29, 0.717) is 5.56 Å². The van der Waals surface area contributed by atoms with Gasteiger partial charge in [-0.25, -0.2) is 4.39 Å². The van der Waals surface area contributed by atoms with Gasteiger partial charge in [-0.2, -0.15) is 13.2 Å². The number of aromatic nitrogens is 1. The molecule has 128 valence electrons. The molecule has 2 aromatic carbocycles. The first-order valence-electron chi connectivity index (χ1n) is 7.05. The zero-order valence-electron chi connectivity index (χ0n) is 12.5. The summed E-state index contributed by atoms with van der Waals surface area (Å²) < 4.78 is 56.7. The van der Waals surface area contributed by atoms with Crippen LogP contribution in [0.3, 0.4) is 0 Å². The Labute approximate surface area is 139 Å². The van der Waals surface area contributed by atoms with E-state index in [4.69, 9.17) is 4.52 Å². The Bertz CT molecular complexity index is 902. The van der Waals surface area contributed by atoms with Gasteiger partial charge in [0.05, 0.1) is 11.3 Å². The van der Waals surface area contributed by atoms with Crippen molar-refractivity contribution in [3.63, 3.8) is 0 Å². The lowest BCUT2D eigenvalue weighted by atomic mass is 10.1. The average molecular weight is 350 g/mol. The molecule has 0 bridgehead atoms. The molecule has 0 fully saturated rings. The minimum atomic E-state index is -4.60. The molecule has 1 heterocycles. The van der Waals surface area contributed by atoms with E-state index in [1.165, 1.54) is 42.5 Å². The van der Waals surface area contributed by atoms with Gasteiger partial charge in [-0.3, -0.25) is 4.79 Å². The van der Waals surface area contributed by atoms with Crippen molar-refractivity contribution in [3.05, 3.63) is 71.7 Å². The summed E-state index contributed by atoms with van der Waals surface area (Å²) in [5.41, 5.74) is -1.07. The van der Waals surface area contributed by atoms with E-state index in [-0.39, 0.29) is 17.1 Å². The third-order valence-electron chi connectivity index (χ3n) is 3.35. The summed E-state index contributed by atoms with van der Waals surface area (Å²) in [5.74, 6) is -1.10. The van der Waals surface area contributed by atoms with Gasteiger partial charge in [0.1, 0.15) is 5.82 Å². The Balaban J connectivity index is 1.83. The Morgan fingerprint density at radius 1 is 1.04 bits per heavy atom. The number of hydrogen-bond acceptors (Lipinski definition) is 3. The van der Waals surface area contributed by atoms with Crippen LogP contribution in [0.1, 0.15) is 16.1 Å². The number of nitrogens with one attached hydrogen (secondary N) is 1. The molecule has 3 aromatic rings. The maximum absolute atomic E-state index is 12.9. The smallest absolute Gasteiger partial charge is 0.355 e. The van der Waals surface area contributed by atoms with Gasteiger partial charge in [-0.15, -0.1) is 0 Å². The molecule has 0 aliphatic heterocycles. The van der Waals surface area contributed by atoms with Gasteiger partial charge in [0.2, 0.25) is 0 Å². The van der Waals surface area contributed by atoms with Crippen LogP contribution in [0.15, 0.2) is 59.1 Å². The topological polar surface area (TPSA) is 55.1 Å². The Morgan fingerprint density at radius 3 is 2.40 bits per heavy atom. The van der Waals surface area contributed by atoms with Gasteiger partial charge in [0.25, 0.3) is 5.91 Å². The standard InChI is InChI=1S/C17H10F4N2O2/c18-11-7-5-10(6-8-11)15-9-14(23-25-15)16(24)22-13-4-2-1-3-12(13)17(19,20)21/h1-9H,(H,22,24). The van der Waals surface area contributed by atoms with Crippen LogP contribution in [-0.4, -0.2) is 11.1 Å². The number of halogens is 4. The number of rotatable bonds is 3. The molecule has 0 radical (unpaired) electrons. The quantitative estimate of drug-likeness (QED) is 0.694. The van der Waals surface area contributed by atoms with Crippen molar-refractivity contribution in [2.24, 2.45) is 0 Å². The Morgan fingerprint density at radius 2 is 1.72 bits per heavy atom. The van der Waals surface area contributed by atoms with Crippen LogP contribution in [0, 0.1) is 5.82 Å². The first kappa shape index (κ1) is 16.7. The minimum Gasteiger partial charge on any atom is -0.355 e. The van der Waals surface area contributed by atoms with Crippen molar-refractivity contribution in [1.29, 1.82) is 0 Å². The van der Waals surface area contributed by atoms with Gasteiger partial charge in [0.15, 0.2) is 11.5 Å². The van der Waals surface area contributed by atoms with Crippen LogP contribution in [0.2, 0.25) is 0 Å². The van der Waals surface area contributed by atoms with E-state index in [9.17, 15) is 22.4 Å². The van der Waals surface area contributed by atoms with Crippen LogP contribution in [0.5, 0.6) is 0 Å². The van der Waals surface area contributed by atoms with Crippen LogP contribution in [0.25, 0.3) is 11.3 Å². The summed E-state index contributed by atoms with van der Waals surface area (Å²) in [6, 6.07) is 11.1. The highest BCUT2D eigenvalue weighted by atomic mass is 19.4. The fraction of sp³-hybridized carbons (Fsp3) is 0.0588. The molecule has 0 aliphatic rings. The van der Waals surface area contributed by atoms with Gasteiger partial charge in [0, 0.05) is 11.6 Å². The third kappa shape index (κ3) is 3.68. The summed E-state index contributed by atoms with van der Waals surface area (Å²) in [5, 5.41) is 5.71. The minimum absolute atomic E-state index is 0.189. The number of alkyl halides is 3. The predicted molar refractivity (Wildman–Crippen MR) is 81.3 cm³/mol. The van der Waals surface area contributed by atoms with E-state index < -0.39 is 23.5 Å². The number of anilines is 1. The van der Waals surface area contributed by atoms with Crippen molar-refractivity contribution < 1.29 is 26.9 Å². The summed E-state index contributed by atoms with van der Waals surface area (Å²) in [4.78, 5) is 12.1. The lowest BCUT2D eigenvalue weighted by molar-refractivity contribution is -0.136. The molecule has 4 nitrogen and oxygen atoms in total. The lowest BCUT2D eigenvalue weighted by Gasteiger charge is -2.12.